The van der Waals surface area contributed by atoms with Crippen LogP contribution < -0.4 is 5.32 Å². The number of amides is 1. The lowest BCUT2D eigenvalue weighted by Crippen LogP contribution is -2.45. The number of nitrogens with zero attached hydrogens (tertiary/aromatic N) is 1. The molecule has 1 heterocycles. The van der Waals surface area contributed by atoms with Crippen molar-refractivity contribution in [2.45, 2.75) is 77.9 Å². The normalized spacial score (nSPS) is 12.4. The molecular weight excluding hydrogens is 356 g/mol. The third-order valence-electron chi connectivity index (χ3n) is 4.16. The van der Waals surface area contributed by atoms with Crippen LogP contribution in [0.15, 0.2) is 18.2 Å². The van der Waals surface area contributed by atoms with Crippen LogP contribution in [0.3, 0.4) is 0 Å². The first-order chi connectivity index (χ1) is 13.5. The highest BCUT2D eigenvalue weighted by Gasteiger charge is 2.31. The molecule has 0 aliphatic rings. The second kappa shape index (κ2) is 13.7. The van der Waals surface area contributed by atoms with Crippen LogP contribution in [-0.2, 0) is 14.3 Å². The first kappa shape index (κ1) is 23.6. The highest BCUT2D eigenvalue weighted by molar-refractivity contribution is 5.83. The fraction of sp³-hybridized carbons (Fsp3) is 0.591. The number of carbonyl (C=O) groups excluding carboxylic acids is 2. The number of ether oxygens (including phenoxy) is 1. The SMILES string of the molecule is CCCCCCCCC#Cc1cccc(C(O)C(NC(C)=O)C(=O)OCC)n1. The molecule has 1 amide bonds. The Bertz CT molecular complexity index is 679. The summed E-state index contributed by atoms with van der Waals surface area (Å²) in [5, 5.41) is 13.0. The van der Waals surface area contributed by atoms with Gasteiger partial charge in [-0.3, -0.25) is 4.79 Å². The maximum atomic E-state index is 12.1. The Morgan fingerprint density at radius 1 is 1.18 bits per heavy atom. The number of pyridine rings is 1. The van der Waals surface area contributed by atoms with Crippen molar-refractivity contribution < 1.29 is 19.4 Å². The van der Waals surface area contributed by atoms with E-state index in [9.17, 15) is 14.7 Å². The Balaban J connectivity index is 2.70. The van der Waals surface area contributed by atoms with Crippen molar-refractivity contribution in [3.63, 3.8) is 0 Å². The van der Waals surface area contributed by atoms with Gasteiger partial charge >= 0.3 is 5.97 Å². The number of aliphatic hydroxyl groups excluding tert-OH is 1. The minimum absolute atomic E-state index is 0.152. The van der Waals surface area contributed by atoms with Crippen LogP contribution in [0.2, 0.25) is 0 Å². The van der Waals surface area contributed by atoms with Crippen molar-refractivity contribution in [2.24, 2.45) is 0 Å². The predicted octanol–water partition coefficient (Wildman–Crippen LogP) is 3.28. The van der Waals surface area contributed by atoms with Crippen LogP contribution in [-0.4, -0.2) is 34.6 Å². The lowest BCUT2D eigenvalue weighted by molar-refractivity contribution is -0.150. The summed E-state index contributed by atoms with van der Waals surface area (Å²) in [6, 6.07) is 3.85. The number of hydrogen-bond donors (Lipinski definition) is 2. The number of nitrogens with one attached hydrogen (secondary N) is 1. The highest BCUT2D eigenvalue weighted by atomic mass is 16.5. The Hall–Kier alpha value is -2.39. The van der Waals surface area contributed by atoms with E-state index in [4.69, 9.17) is 4.74 Å². The number of aliphatic hydroxyl groups is 1. The van der Waals surface area contributed by atoms with Crippen molar-refractivity contribution in [2.75, 3.05) is 6.61 Å². The van der Waals surface area contributed by atoms with E-state index >= 15 is 0 Å². The van der Waals surface area contributed by atoms with Gasteiger partial charge in [0.25, 0.3) is 0 Å². The molecule has 0 spiro atoms. The summed E-state index contributed by atoms with van der Waals surface area (Å²) in [6.07, 6.45) is 6.78. The summed E-state index contributed by atoms with van der Waals surface area (Å²) < 4.78 is 4.94. The van der Waals surface area contributed by atoms with Crippen molar-refractivity contribution >= 4 is 11.9 Å². The fourth-order valence-electron chi connectivity index (χ4n) is 2.72. The molecule has 0 aliphatic heterocycles. The molecule has 1 aromatic rings. The fourth-order valence-corrected chi connectivity index (χ4v) is 2.72. The van der Waals surface area contributed by atoms with E-state index in [2.05, 4.69) is 29.1 Å². The monoisotopic (exact) mass is 388 g/mol. The van der Waals surface area contributed by atoms with Gasteiger partial charge in [-0.15, -0.1) is 0 Å². The van der Waals surface area contributed by atoms with Gasteiger partial charge in [0.15, 0.2) is 6.04 Å². The number of rotatable bonds is 11. The Kier molecular flexibility index (Phi) is 11.6. The van der Waals surface area contributed by atoms with Gasteiger partial charge in [0.2, 0.25) is 5.91 Å². The van der Waals surface area contributed by atoms with Gasteiger partial charge in [-0.1, -0.05) is 51.0 Å². The molecule has 2 atom stereocenters. The van der Waals surface area contributed by atoms with Crippen molar-refractivity contribution in [1.82, 2.24) is 10.3 Å². The van der Waals surface area contributed by atoms with Crippen LogP contribution in [0.1, 0.15) is 83.2 Å². The maximum Gasteiger partial charge on any atom is 0.331 e. The average Bonchev–Trinajstić information content (AvgIpc) is 2.68. The number of aromatic nitrogens is 1. The van der Waals surface area contributed by atoms with Gasteiger partial charge in [0, 0.05) is 13.3 Å². The summed E-state index contributed by atoms with van der Waals surface area (Å²) in [7, 11) is 0. The van der Waals surface area contributed by atoms with E-state index in [1.165, 1.54) is 39.0 Å². The Labute approximate surface area is 168 Å². The largest absolute Gasteiger partial charge is 0.464 e. The minimum Gasteiger partial charge on any atom is -0.464 e. The third-order valence-corrected chi connectivity index (χ3v) is 4.16. The van der Waals surface area contributed by atoms with Gasteiger partial charge in [0.05, 0.1) is 12.3 Å². The van der Waals surface area contributed by atoms with Gasteiger partial charge in [-0.2, -0.15) is 0 Å². The zero-order chi connectivity index (χ0) is 20.8. The van der Waals surface area contributed by atoms with E-state index in [1.54, 1.807) is 25.1 Å². The predicted molar refractivity (Wildman–Crippen MR) is 108 cm³/mol. The maximum absolute atomic E-state index is 12.1. The molecular formula is C22H32N2O4. The Morgan fingerprint density at radius 3 is 2.57 bits per heavy atom. The molecule has 0 saturated heterocycles. The van der Waals surface area contributed by atoms with E-state index in [0.29, 0.717) is 5.69 Å². The van der Waals surface area contributed by atoms with E-state index in [0.717, 1.165) is 12.8 Å². The van der Waals surface area contributed by atoms with E-state index < -0.39 is 24.0 Å². The molecule has 0 aromatic carbocycles. The molecule has 2 N–H and O–H groups in total. The number of unbranched alkanes of at least 4 members (excludes halogenated alkanes) is 6. The molecule has 6 heteroatoms. The average molecular weight is 389 g/mol. The quantitative estimate of drug-likeness (QED) is 0.345. The smallest absolute Gasteiger partial charge is 0.331 e. The molecule has 0 radical (unpaired) electrons. The second-order valence-corrected chi connectivity index (χ2v) is 6.64. The van der Waals surface area contributed by atoms with Gasteiger partial charge in [-0.05, 0) is 31.4 Å². The molecule has 2 unspecified atom stereocenters. The third kappa shape index (κ3) is 9.01. The minimum atomic E-state index is -1.32. The second-order valence-electron chi connectivity index (χ2n) is 6.64. The molecule has 0 saturated carbocycles. The topological polar surface area (TPSA) is 88.5 Å². The number of hydrogen-bond acceptors (Lipinski definition) is 5. The van der Waals surface area contributed by atoms with Crippen molar-refractivity contribution in [3.8, 4) is 11.8 Å². The van der Waals surface area contributed by atoms with Crippen LogP contribution in [0, 0.1) is 11.8 Å². The number of esters is 1. The molecule has 1 rings (SSSR count). The van der Waals surface area contributed by atoms with E-state index in [-0.39, 0.29) is 12.3 Å². The summed E-state index contributed by atoms with van der Waals surface area (Å²) in [6.45, 7) is 5.29. The molecule has 0 fully saturated rings. The first-order valence-electron chi connectivity index (χ1n) is 10.1. The lowest BCUT2D eigenvalue weighted by atomic mass is 10.1. The summed E-state index contributed by atoms with van der Waals surface area (Å²) >= 11 is 0. The summed E-state index contributed by atoms with van der Waals surface area (Å²) in [4.78, 5) is 27.8. The van der Waals surface area contributed by atoms with Gasteiger partial charge < -0.3 is 15.2 Å². The van der Waals surface area contributed by atoms with Crippen molar-refractivity contribution in [3.05, 3.63) is 29.6 Å². The number of carbonyl (C=O) groups is 2. The molecule has 1 aromatic heterocycles. The highest BCUT2D eigenvalue weighted by Crippen LogP contribution is 2.16. The summed E-state index contributed by atoms with van der Waals surface area (Å²) in [5.74, 6) is 4.97. The zero-order valence-corrected chi connectivity index (χ0v) is 17.2. The van der Waals surface area contributed by atoms with E-state index in [1.807, 2.05) is 0 Å². The molecule has 0 aliphatic carbocycles. The van der Waals surface area contributed by atoms with Crippen LogP contribution >= 0.6 is 0 Å². The van der Waals surface area contributed by atoms with Crippen LogP contribution in [0.25, 0.3) is 0 Å². The van der Waals surface area contributed by atoms with Crippen LogP contribution in [0.4, 0.5) is 0 Å². The Morgan fingerprint density at radius 2 is 1.89 bits per heavy atom. The molecule has 6 nitrogen and oxygen atoms in total. The van der Waals surface area contributed by atoms with Crippen molar-refractivity contribution in [1.29, 1.82) is 0 Å². The molecule has 28 heavy (non-hydrogen) atoms. The van der Waals surface area contributed by atoms with Gasteiger partial charge in [0.1, 0.15) is 11.8 Å². The van der Waals surface area contributed by atoms with Crippen LogP contribution in [0.5, 0.6) is 0 Å². The summed E-state index contributed by atoms with van der Waals surface area (Å²) in [5.41, 5.74) is 0.783. The zero-order valence-electron chi connectivity index (χ0n) is 17.2. The first-order valence-corrected chi connectivity index (χ1v) is 10.1. The molecule has 0 bridgehead atoms. The lowest BCUT2D eigenvalue weighted by Gasteiger charge is -2.21. The standard InChI is InChI=1S/C22H32N2O4/c1-4-6-7-8-9-10-11-12-14-18-15-13-16-19(24-18)21(26)20(23-17(3)25)22(27)28-5-2/h13,15-16,20-21,26H,4-11H2,1-3H3,(H,23,25). The molecule has 154 valence electrons. The van der Waals surface area contributed by atoms with Gasteiger partial charge in [-0.25, -0.2) is 9.78 Å².